The van der Waals surface area contributed by atoms with Gasteiger partial charge in [0, 0.05) is 25.6 Å². The van der Waals surface area contributed by atoms with E-state index in [1.54, 1.807) is 11.0 Å². The molecular formula is C20H25N3O3. The van der Waals surface area contributed by atoms with Crippen molar-refractivity contribution in [3.63, 3.8) is 0 Å². The number of piperidine rings is 1. The second kappa shape index (κ2) is 8.19. The minimum atomic E-state index is -0.279. The van der Waals surface area contributed by atoms with Crippen molar-refractivity contribution in [1.82, 2.24) is 9.80 Å². The van der Waals surface area contributed by atoms with E-state index in [9.17, 15) is 9.59 Å². The van der Waals surface area contributed by atoms with Crippen molar-refractivity contribution >= 4 is 11.8 Å². The molecule has 0 atom stereocenters. The highest BCUT2D eigenvalue weighted by Gasteiger charge is 2.27. The van der Waals surface area contributed by atoms with Crippen molar-refractivity contribution in [2.75, 3.05) is 20.1 Å². The molecule has 0 spiro atoms. The van der Waals surface area contributed by atoms with Crippen LogP contribution in [0.5, 0.6) is 0 Å². The van der Waals surface area contributed by atoms with E-state index in [1.165, 1.54) is 5.56 Å². The molecule has 1 aromatic carbocycles. The normalized spacial score (nSPS) is 15.4. The van der Waals surface area contributed by atoms with E-state index >= 15 is 0 Å². The number of hydrogen-bond donors (Lipinski definition) is 1. The van der Waals surface area contributed by atoms with Crippen LogP contribution < -0.4 is 5.73 Å². The molecule has 2 aromatic rings. The van der Waals surface area contributed by atoms with Crippen LogP contribution in [0.15, 0.2) is 46.9 Å². The number of hydrogen-bond acceptors (Lipinski definition) is 4. The van der Waals surface area contributed by atoms with Crippen molar-refractivity contribution in [2.24, 2.45) is 11.7 Å². The summed E-state index contributed by atoms with van der Waals surface area (Å²) in [6.45, 7) is 2.52. The zero-order chi connectivity index (χ0) is 18.5. The molecule has 3 rings (SSSR count). The molecule has 0 bridgehead atoms. The van der Waals surface area contributed by atoms with E-state index in [1.807, 2.05) is 31.3 Å². The van der Waals surface area contributed by atoms with Gasteiger partial charge in [0.25, 0.3) is 5.91 Å². The molecule has 2 heterocycles. The first kappa shape index (κ1) is 18.2. The van der Waals surface area contributed by atoms with Gasteiger partial charge < -0.3 is 15.1 Å². The van der Waals surface area contributed by atoms with Crippen LogP contribution in [0.4, 0.5) is 0 Å². The van der Waals surface area contributed by atoms with Crippen LogP contribution in [0, 0.1) is 5.92 Å². The van der Waals surface area contributed by atoms with Crippen molar-refractivity contribution < 1.29 is 14.0 Å². The molecule has 2 amide bonds. The Morgan fingerprint density at radius 1 is 1.12 bits per heavy atom. The highest BCUT2D eigenvalue weighted by molar-refractivity contribution is 5.91. The minimum absolute atomic E-state index is 0.120. The number of carbonyl (C=O) groups is 2. The molecular weight excluding hydrogens is 330 g/mol. The van der Waals surface area contributed by atoms with Gasteiger partial charge >= 0.3 is 0 Å². The summed E-state index contributed by atoms with van der Waals surface area (Å²) < 4.78 is 5.76. The van der Waals surface area contributed by atoms with Crippen LogP contribution in [0.2, 0.25) is 0 Å². The molecule has 26 heavy (non-hydrogen) atoms. The first-order valence-electron chi connectivity index (χ1n) is 8.92. The van der Waals surface area contributed by atoms with E-state index in [0.29, 0.717) is 38.2 Å². The molecule has 0 unspecified atom stereocenters. The number of rotatable bonds is 6. The number of likely N-dealkylation sites (tertiary alicyclic amines) is 1. The lowest BCUT2D eigenvalue weighted by molar-refractivity contribution is -0.123. The lowest BCUT2D eigenvalue weighted by atomic mass is 9.96. The Morgan fingerprint density at radius 3 is 2.46 bits per heavy atom. The summed E-state index contributed by atoms with van der Waals surface area (Å²) >= 11 is 0. The first-order chi connectivity index (χ1) is 12.5. The number of nitrogens with zero attached hydrogens (tertiary/aromatic N) is 2. The predicted octanol–water partition coefficient (Wildman–Crippen LogP) is 2.25. The molecule has 1 saturated heterocycles. The molecule has 6 nitrogen and oxygen atoms in total. The van der Waals surface area contributed by atoms with Gasteiger partial charge in [-0.3, -0.25) is 14.5 Å². The van der Waals surface area contributed by atoms with Gasteiger partial charge in [-0.1, -0.05) is 30.3 Å². The average Bonchev–Trinajstić information content (AvgIpc) is 3.10. The van der Waals surface area contributed by atoms with Gasteiger partial charge in [-0.15, -0.1) is 0 Å². The zero-order valence-corrected chi connectivity index (χ0v) is 15.1. The van der Waals surface area contributed by atoms with E-state index < -0.39 is 0 Å². The zero-order valence-electron chi connectivity index (χ0n) is 15.1. The average molecular weight is 355 g/mol. The Kier molecular flexibility index (Phi) is 5.73. The molecule has 1 aromatic heterocycles. The Labute approximate surface area is 153 Å². The number of benzene rings is 1. The van der Waals surface area contributed by atoms with Gasteiger partial charge in [-0.2, -0.15) is 0 Å². The monoisotopic (exact) mass is 355 g/mol. The van der Waals surface area contributed by atoms with E-state index in [4.69, 9.17) is 10.2 Å². The van der Waals surface area contributed by atoms with Crippen LogP contribution in [0.1, 0.15) is 34.7 Å². The maximum Gasteiger partial charge on any atom is 0.289 e. The summed E-state index contributed by atoms with van der Waals surface area (Å²) in [6, 6.07) is 13.8. The summed E-state index contributed by atoms with van der Waals surface area (Å²) in [5.74, 6) is 0.589. The lowest BCUT2D eigenvalue weighted by Crippen LogP contribution is -2.41. The predicted molar refractivity (Wildman–Crippen MR) is 98.1 cm³/mol. The number of carbonyl (C=O) groups excluding carboxylic acids is 2. The molecule has 1 aliphatic heterocycles. The Hall–Kier alpha value is -2.60. The van der Waals surface area contributed by atoms with E-state index in [2.05, 4.69) is 17.0 Å². The summed E-state index contributed by atoms with van der Waals surface area (Å²) in [6.07, 6.45) is 1.24. The third-order valence-corrected chi connectivity index (χ3v) is 4.78. The highest BCUT2D eigenvalue weighted by Crippen LogP contribution is 2.20. The number of nitrogens with two attached hydrogens (primary N) is 1. The van der Waals surface area contributed by atoms with Crippen LogP contribution in [0.25, 0.3) is 0 Å². The maximum absolute atomic E-state index is 12.6. The number of primary amides is 1. The van der Waals surface area contributed by atoms with Gasteiger partial charge in [0.05, 0.1) is 6.54 Å². The summed E-state index contributed by atoms with van der Waals surface area (Å²) in [5.41, 5.74) is 6.57. The van der Waals surface area contributed by atoms with E-state index in [-0.39, 0.29) is 17.7 Å². The Balaban J connectivity index is 1.54. The molecule has 0 saturated carbocycles. The molecule has 1 fully saturated rings. The fourth-order valence-corrected chi connectivity index (χ4v) is 3.32. The molecule has 0 radical (unpaired) electrons. The SMILES string of the molecule is CN(Cc1ccccc1)Cc1ccc(C(=O)N2CCC(C(N)=O)CC2)o1. The van der Waals surface area contributed by atoms with Crippen molar-refractivity contribution in [3.05, 3.63) is 59.5 Å². The Morgan fingerprint density at radius 2 is 1.81 bits per heavy atom. The van der Waals surface area contributed by atoms with Gasteiger partial charge in [0.2, 0.25) is 5.91 Å². The number of amides is 2. The van der Waals surface area contributed by atoms with Gasteiger partial charge in [-0.05, 0) is 37.6 Å². The smallest absolute Gasteiger partial charge is 0.289 e. The third kappa shape index (κ3) is 4.52. The fraction of sp³-hybridized carbons (Fsp3) is 0.400. The van der Waals surface area contributed by atoms with Crippen molar-refractivity contribution in [2.45, 2.75) is 25.9 Å². The minimum Gasteiger partial charge on any atom is -0.455 e. The largest absolute Gasteiger partial charge is 0.455 e. The maximum atomic E-state index is 12.6. The summed E-state index contributed by atoms with van der Waals surface area (Å²) in [7, 11) is 2.02. The second-order valence-corrected chi connectivity index (χ2v) is 6.89. The van der Waals surface area contributed by atoms with Gasteiger partial charge in [0.1, 0.15) is 5.76 Å². The van der Waals surface area contributed by atoms with Crippen LogP contribution in [0.3, 0.4) is 0 Å². The lowest BCUT2D eigenvalue weighted by Gasteiger charge is -2.29. The first-order valence-corrected chi connectivity index (χ1v) is 8.92. The Bertz CT molecular complexity index is 749. The second-order valence-electron chi connectivity index (χ2n) is 6.89. The van der Waals surface area contributed by atoms with Crippen molar-refractivity contribution in [3.8, 4) is 0 Å². The van der Waals surface area contributed by atoms with Crippen LogP contribution in [-0.4, -0.2) is 41.8 Å². The third-order valence-electron chi connectivity index (χ3n) is 4.78. The summed E-state index contributed by atoms with van der Waals surface area (Å²) in [4.78, 5) is 27.7. The standard InChI is InChI=1S/C20H25N3O3/c1-22(13-15-5-3-2-4-6-15)14-17-7-8-18(26-17)20(25)23-11-9-16(10-12-23)19(21)24/h2-8,16H,9-14H2,1H3,(H2,21,24). The van der Waals surface area contributed by atoms with Gasteiger partial charge in [-0.25, -0.2) is 0 Å². The fourth-order valence-electron chi connectivity index (χ4n) is 3.32. The quantitative estimate of drug-likeness (QED) is 0.862. The molecule has 138 valence electrons. The molecule has 6 heteroatoms. The molecule has 0 aliphatic carbocycles. The highest BCUT2D eigenvalue weighted by atomic mass is 16.4. The topological polar surface area (TPSA) is 79.8 Å². The van der Waals surface area contributed by atoms with Crippen LogP contribution >= 0.6 is 0 Å². The van der Waals surface area contributed by atoms with Crippen LogP contribution in [-0.2, 0) is 17.9 Å². The van der Waals surface area contributed by atoms with Gasteiger partial charge in [0.15, 0.2) is 5.76 Å². The number of furan rings is 1. The van der Waals surface area contributed by atoms with E-state index in [0.717, 1.165) is 12.3 Å². The molecule has 1 aliphatic rings. The van der Waals surface area contributed by atoms with Crippen molar-refractivity contribution in [1.29, 1.82) is 0 Å². The molecule has 2 N–H and O–H groups in total. The summed E-state index contributed by atoms with van der Waals surface area (Å²) in [5, 5.41) is 0.